The highest BCUT2D eigenvalue weighted by Gasteiger charge is 2.39. The summed E-state index contributed by atoms with van der Waals surface area (Å²) in [5.74, 6) is 5.80. The van der Waals surface area contributed by atoms with Gasteiger partial charge in [0.1, 0.15) is 51.7 Å². The number of hydrogen-bond acceptors (Lipinski definition) is 18. The topological polar surface area (TPSA) is 312 Å². The van der Waals surface area contributed by atoms with Gasteiger partial charge < -0.3 is 80.4 Å². The number of anilines is 2. The molecule has 4 aliphatic heterocycles. The molecule has 4 atom stereocenters. The molecule has 0 saturated carbocycles. The van der Waals surface area contributed by atoms with Gasteiger partial charge in [-0.1, -0.05) is 35.0 Å². The van der Waals surface area contributed by atoms with E-state index in [2.05, 4.69) is 115 Å². The Balaban J connectivity index is 0.000000228. The van der Waals surface area contributed by atoms with Crippen LogP contribution in [0.1, 0.15) is 62.6 Å². The molecule has 0 radical (unpaired) electrons. The molecule has 33 heteroatoms. The zero-order chi connectivity index (χ0) is 69.0. The number of nitrogens with one attached hydrogen (secondary N) is 2. The zero-order valence-corrected chi connectivity index (χ0v) is 57.1. The van der Waals surface area contributed by atoms with Gasteiger partial charge in [-0.15, -0.1) is 18.0 Å². The van der Waals surface area contributed by atoms with Gasteiger partial charge in [0.25, 0.3) is 11.8 Å². The van der Waals surface area contributed by atoms with Gasteiger partial charge in [-0.2, -0.15) is 10.2 Å². The first-order valence-electron chi connectivity index (χ1n) is 26.9. The number of halogens is 9. The van der Waals surface area contributed by atoms with E-state index in [-0.39, 0.29) is 110 Å². The molecule has 24 nitrogen and oxygen atoms in total. The number of likely N-dealkylation sites (tertiary alicyclic amines) is 2. The second-order valence-corrected chi connectivity index (χ2v) is 23.2. The van der Waals surface area contributed by atoms with Gasteiger partial charge >= 0.3 is 0 Å². The highest BCUT2D eigenvalue weighted by atomic mass is 79.9. The molecular formula is C60H61Br4ClF4N10O14. The largest absolute Gasteiger partial charge is 0.504 e. The first kappa shape index (κ1) is 75.4. The maximum atomic E-state index is 14.4. The van der Waals surface area contributed by atoms with Crippen LogP contribution in [-0.2, 0) is 19.1 Å². The van der Waals surface area contributed by atoms with Crippen LogP contribution in [0.2, 0.25) is 0 Å². The third-order valence-electron chi connectivity index (χ3n) is 13.5. The van der Waals surface area contributed by atoms with Crippen molar-refractivity contribution in [1.82, 2.24) is 29.4 Å². The molecule has 2 saturated heterocycles. The molecule has 6 heterocycles. The number of carbonyl (C=O) groups is 4. The molecular weight excluding hydrogens is 1520 g/mol. The number of aromatic hydroxyl groups is 3. The van der Waals surface area contributed by atoms with Crippen molar-refractivity contribution in [3.05, 3.63) is 139 Å². The molecule has 4 aromatic carbocycles. The van der Waals surface area contributed by atoms with Crippen LogP contribution in [0.25, 0.3) is 0 Å². The highest BCUT2D eigenvalue weighted by Crippen LogP contribution is 2.39. The van der Waals surface area contributed by atoms with Crippen molar-refractivity contribution in [1.29, 1.82) is 0 Å². The summed E-state index contributed by atoms with van der Waals surface area (Å²) in [6.45, 7) is 8.75. The van der Waals surface area contributed by atoms with Crippen molar-refractivity contribution >= 4 is 111 Å². The summed E-state index contributed by atoms with van der Waals surface area (Å²) < 4.78 is 91.9. The number of methoxy groups -OCH3 is 3. The zero-order valence-electron chi connectivity index (χ0n) is 50.0. The molecule has 0 aliphatic carbocycles. The van der Waals surface area contributed by atoms with Gasteiger partial charge in [0.15, 0.2) is 51.7 Å². The number of amides is 4. The Morgan fingerprint density at radius 3 is 1.49 bits per heavy atom. The number of alkyl halides is 2. The number of aromatic nitrogens is 4. The number of hydrogen-bond donors (Lipinski definition) is 7. The fraction of sp³-hybridized carbons (Fsp3) is 0.300. The highest BCUT2D eigenvalue weighted by molar-refractivity contribution is 9.11. The maximum Gasteiger partial charge on any atom is 0.255 e. The average molecular weight is 1580 g/mol. The van der Waals surface area contributed by atoms with Crippen LogP contribution in [0.4, 0.5) is 29.2 Å². The van der Waals surface area contributed by atoms with Gasteiger partial charge in [-0.05, 0) is 84.6 Å². The Morgan fingerprint density at radius 2 is 1.06 bits per heavy atom. The predicted octanol–water partition coefficient (Wildman–Crippen LogP) is 9.44. The van der Waals surface area contributed by atoms with Crippen molar-refractivity contribution in [3.63, 3.8) is 0 Å². The van der Waals surface area contributed by atoms with Crippen molar-refractivity contribution in [2.24, 2.45) is 11.5 Å². The number of fused-ring (bicyclic) bond motifs is 2. The molecule has 93 heavy (non-hydrogen) atoms. The Hall–Kier alpha value is -8.37. The van der Waals surface area contributed by atoms with E-state index in [1.807, 2.05) is 0 Å². The lowest BCUT2D eigenvalue weighted by Gasteiger charge is -2.22. The van der Waals surface area contributed by atoms with Crippen LogP contribution in [0, 0.1) is 47.5 Å². The number of nitrogens with two attached hydrogens (primary N) is 2. The second-order valence-electron chi connectivity index (χ2n) is 19.1. The van der Waals surface area contributed by atoms with Crippen molar-refractivity contribution in [2.45, 2.75) is 37.0 Å². The summed E-state index contributed by atoms with van der Waals surface area (Å²) in [6.07, 6.45) is 9.11. The van der Waals surface area contributed by atoms with Gasteiger partial charge in [-0.25, -0.2) is 26.9 Å². The molecule has 6 aromatic rings. The SMILES string of the molecule is C#Cc1nn([C@H]2C[C@H](COC)N(C(=O)C=C)C2)c(NC)c1C(N)=O.C=CC(=O)N1C[C@@H](n2nc(C#Cc3cc4c(cc3F)OCO4)c(C(N)=O)c2NC)C[C@@H]1COC.COc1cc(Br)c(F)cc1O.ClCBr.Fc1cc2c(cc1Br)OCO2.Oc1cc(F)c(Br)cc1O. The lowest BCUT2D eigenvalue weighted by Crippen LogP contribution is -2.37. The first-order chi connectivity index (χ1) is 44.3. The number of terminal acetylenes is 1. The molecule has 498 valence electrons. The third kappa shape index (κ3) is 19.1. The number of carbonyl (C=O) groups excluding carboxylic acids is 4. The van der Waals surface area contributed by atoms with Crippen LogP contribution in [0.3, 0.4) is 0 Å². The summed E-state index contributed by atoms with van der Waals surface area (Å²) >= 11 is 16.7. The number of phenols is 3. The van der Waals surface area contributed by atoms with Gasteiger partial charge in [0.05, 0.1) is 68.3 Å². The minimum atomic E-state index is -0.739. The number of primary amides is 2. The fourth-order valence-corrected chi connectivity index (χ4v) is 10.4. The van der Waals surface area contributed by atoms with E-state index in [4.69, 9.17) is 78.0 Å². The standard InChI is InChI=1S/C23H24FN5O5.C16H21N5O3.C7H4BrFO2.C7H6BrFO2.C6H4BrFO2.CH2BrCl/c1-4-20(30)28-10-14(8-15(28)11-32-3)29-23(26-2)21(22(25)31)17(27-29)6-5-13-7-18-19(9-16(13)24)34-12-33-18;1-5-12-14(15(17)23)16(18-3)21(19-12)10-7-11(9-24-4)20(8-10)13(22)6-2;8-4-1-6-7(2-5(4)9)11-3-10-6;1-11-7-2-4(8)5(9)3-6(7)10;7-3-1-5(9)6(10)2-4(3)8;2-1-3/h4,7,9,14-15,26H,1,8,10-12H2,2-3H3,(H2,25,31);1,6,10-11,18H,2,7-9H2,3-4H3,(H2,17,23);1-2H,3H2;2-3,10H,1H3;1-2,9-10H;1H2/t14-,15+;10-,11+;;;;/m00..../s1. The quantitative estimate of drug-likeness (QED) is 0.0186. The van der Waals surface area contributed by atoms with E-state index in [0.717, 1.165) is 18.2 Å². The minimum Gasteiger partial charge on any atom is -0.504 e. The molecule has 0 bridgehead atoms. The van der Waals surface area contributed by atoms with Gasteiger partial charge in [0, 0.05) is 89.9 Å². The molecule has 4 amide bonds. The molecule has 9 N–H and O–H groups in total. The fourth-order valence-electron chi connectivity index (χ4n) is 9.38. The van der Waals surface area contributed by atoms with Crippen LogP contribution in [-0.4, -0.2) is 160 Å². The smallest absolute Gasteiger partial charge is 0.255 e. The molecule has 0 spiro atoms. The van der Waals surface area contributed by atoms with E-state index >= 15 is 0 Å². The third-order valence-corrected chi connectivity index (χ3v) is 15.3. The second kappa shape index (κ2) is 35.6. The lowest BCUT2D eigenvalue weighted by atomic mass is 10.1. The molecule has 4 aliphatic rings. The summed E-state index contributed by atoms with van der Waals surface area (Å²) in [5, 5.41) is 41.3. The molecule has 0 unspecified atom stereocenters. The Kier molecular flexibility index (Phi) is 28.9. The summed E-state index contributed by atoms with van der Waals surface area (Å²) in [6, 6.07) is 9.02. The molecule has 2 fully saturated rings. The first-order valence-corrected chi connectivity index (χ1v) is 30.9. The van der Waals surface area contributed by atoms with E-state index in [0.29, 0.717) is 83.0 Å². The van der Waals surface area contributed by atoms with Crippen molar-refractivity contribution in [2.75, 3.05) is 90.7 Å². The van der Waals surface area contributed by atoms with Crippen molar-refractivity contribution < 1.29 is 85.2 Å². The van der Waals surface area contributed by atoms with E-state index in [1.54, 1.807) is 53.5 Å². The monoisotopic (exact) mass is 1570 g/mol. The predicted molar refractivity (Wildman–Crippen MR) is 349 cm³/mol. The summed E-state index contributed by atoms with van der Waals surface area (Å²) in [5.41, 5.74) is 11.7. The number of phenolic OH excluding ortho intramolecular Hbond substituents is 3. The minimum absolute atomic E-state index is 0.00421. The molecule has 2 aromatic heterocycles. The van der Waals surface area contributed by atoms with Crippen LogP contribution in [0.5, 0.6) is 46.0 Å². The van der Waals surface area contributed by atoms with Gasteiger partial charge in [0.2, 0.25) is 25.4 Å². The van der Waals surface area contributed by atoms with Crippen LogP contribution < -0.4 is 45.8 Å². The van der Waals surface area contributed by atoms with E-state index in [9.17, 15) is 36.7 Å². The van der Waals surface area contributed by atoms with Crippen LogP contribution >= 0.6 is 75.3 Å². The Morgan fingerprint density at radius 1 is 0.667 bits per heavy atom. The lowest BCUT2D eigenvalue weighted by molar-refractivity contribution is -0.128. The van der Waals surface area contributed by atoms with Crippen molar-refractivity contribution in [3.8, 4) is 70.2 Å². The maximum absolute atomic E-state index is 14.4. The number of benzene rings is 4. The summed E-state index contributed by atoms with van der Waals surface area (Å²) in [7, 11) is 7.83. The van der Waals surface area contributed by atoms with E-state index in [1.165, 1.54) is 43.5 Å². The number of ether oxygens (including phenoxy) is 7. The van der Waals surface area contributed by atoms with Gasteiger partial charge in [-0.3, -0.25) is 19.2 Å². The van der Waals surface area contributed by atoms with Crippen LogP contribution in [0.15, 0.2) is 87.3 Å². The molecule has 10 rings (SSSR count). The Labute approximate surface area is 569 Å². The Bertz CT molecular complexity index is 3740. The number of nitrogens with zero attached hydrogens (tertiary/aromatic N) is 6. The van der Waals surface area contributed by atoms with E-state index < -0.39 is 35.0 Å². The average Bonchev–Trinajstić information content (AvgIpc) is 1.64. The number of rotatable bonds is 13. The normalized spacial score (nSPS) is 15.8. The summed E-state index contributed by atoms with van der Waals surface area (Å²) in [4.78, 5) is 52.3.